The number of likely N-dealkylation sites (tertiary alicyclic amines) is 1. The molecule has 0 spiro atoms. The third kappa shape index (κ3) is 3.62. The number of nitrogens with one attached hydrogen (secondary N) is 1. The molecule has 2 aliphatic heterocycles. The quantitative estimate of drug-likeness (QED) is 0.795. The summed E-state index contributed by atoms with van der Waals surface area (Å²) in [7, 11) is 0. The van der Waals surface area contributed by atoms with Crippen LogP contribution in [0.2, 0.25) is 0 Å². The van der Waals surface area contributed by atoms with Crippen LogP contribution in [0.4, 0.5) is 0 Å². The van der Waals surface area contributed by atoms with Gasteiger partial charge in [-0.1, -0.05) is 6.07 Å². The Morgan fingerprint density at radius 1 is 1.25 bits per heavy atom. The van der Waals surface area contributed by atoms with Gasteiger partial charge in [0.25, 0.3) is 0 Å². The van der Waals surface area contributed by atoms with Gasteiger partial charge in [0.2, 0.25) is 6.79 Å². The minimum atomic E-state index is -0.613. The molecule has 24 heavy (non-hydrogen) atoms. The first-order valence-corrected chi connectivity index (χ1v) is 8.27. The Morgan fingerprint density at radius 2 is 2.08 bits per heavy atom. The van der Waals surface area contributed by atoms with E-state index in [9.17, 15) is 9.59 Å². The standard InChI is InChI=1S/C17H22N2O5/c20-8-6-13-3-1-2-7-19(13)17(22)16(21)18-10-12-4-5-14-15(9-12)24-11-23-14/h4-5,9,13,20H,1-3,6-8,10-11H2,(H,18,21). The van der Waals surface area contributed by atoms with Crippen LogP contribution in [0.5, 0.6) is 11.5 Å². The van der Waals surface area contributed by atoms with Crippen LogP contribution in [0.1, 0.15) is 31.2 Å². The molecule has 7 nitrogen and oxygen atoms in total. The number of carbonyl (C=O) groups is 2. The van der Waals surface area contributed by atoms with Crippen molar-refractivity contribution in [1.29, 1.82) is 0 Å². The molecule has 2 heterocycles. The Balaban J connectivity index is 1.56. The van der Waals surface area contributed by atoms with Gasteiger partial charge in [-0.2, -0.15) is 0 Å². The topological polar surface area (TPSA) is 88.1 Å². The van der Waals surface area contributed by atoms with E-state index in [2.05, 4.69) is 5.32 Å². The Morgan fingerprint density at radius 3 is 2.92 bits per heavy atom. The smallest absolute Gasteiger partial charge is 0.312 e. The van der Waals surface area contributed by atoms with Crippen molar-refractivity contribution < 1.29 is 24.2 Å². The van der Waals surface area contributed by atoms with Gasteiger partial charge in [0.05, 0.1) is 0 Å². The molecule has 3 rings (SSSR count). The van der Waals surface area contributed by atoms with Crippen molar-refractivity contribution in [3.8, 4) is 11.5 Å². The number of amides is 2. The molecule has 0 aromatic heterocycles. The third-order valence-electron chi connectivity index (χ3n) is 4.43. The van der Waals surface area contributed by atoms with Crippen LogP contribution in [-0.2, 0) is 16.1 Å². The van der Waals surface area contributed by atoms with Gasteiger partial charge in [0.1, 0.15) is 0 Å². The lowest BCUT2D eigenvalue weighted by molar-refractivity contribution is -0.148. The molecule has 0 saturated carbocycles. The molecule has 2 aliphatic rings. The maximum absolute atomic E-state index is 12.4. The number of carbonyl (C=O) groups excluding carboxylic acids is 2. The van der Waals surface area contributed by atoms with E-state index in [1.165, 1.54) is 0 Å². The fourth-order valence-electron chi connectivity index (χ4n) is 3.16. The van der Waals surface area contributed by atoms with Crippen LogP contribution < -0.4 is 14.8 Å². The van der Waals surface area contributed by atoms with Crippen LogP contribution >= 0.6 is 0 Å². The highest BCUT2D eigenvalue weighted by Crippen LogP contribution is 2.32. The highest BCUT2D eigenvalue weighted by molar-refractivity contribution is 6.35. The first-order valence-electron chi connectivity index (χ1n) is 8.27. The van der Waals surface area contributed by atoms with Crippen molar-refractivity contribution in [2.75, 3.05) is 19.9 Å². The fourth-order valence-corrected chi connectivity index (χ4v) is 3.16. The van der Waals surface area contributed by atoms with Crippen LogP contribution in [0.3, 0.4) is 0 Å². The summed E-state index contributed by atoms with van der Waals surface area (Å²) in [5.41, 5.74) is 0.839. The lowest BCUT2D eigenvalue weighted by atomic mass is 9.99. The fraction of sp³-hybridized carbons (Fsp3) is 0.529. The number of aliphatic hydroxyl groups excluding tert-OH is 1. The molecule has 1 fully saturated rings. The van der Waals surface area contributed by atoms with E-state index in [0.29, 0.717) is 24.5 Å². The van der Waals surface area contributed by atoms with Gasteiger partial charge in [-0.15, -0.1) is 0 Å². The Hall–Kier alpha value is -2.28. The summed E-state index contributed by atoms with van der Waals surface area (Å²) in [6.07, 6.45) is 3.26. The van der Waals surface area contributed by atoms with Crippen molar-refractivity contribution in [1.82, 2.24) is 10.2 Å². The zero-order valence-corrected chi connectivity index (χ0v) is 13.5. The summed E-state index contributed by atoms with van der Waals surface area (Å²) in [5.74, 6) is 0.194. The van der Waals surface area contributed by atoms with E-state index in [-0.39, 0.29) is 26.0 Å². The molecule has 1 aromatic carbocycles. The van der Waals surface area contributed by atoms with Gasteiger partial charge in [0, 0.05) is 25.7 Å². The lowest BCUT2D eigenvalue weighted by Crippen LogP contribution is -2.50. The zero-order valence-electron chi connectivity index (χ0n) is 13.5. The summed E-state index contributed by atoms with van der Waals surface area (Å²) < 4.78 is 10.5. The first kappa shape index (κ1) is 16.6. The number of ether oxygens (including phenoxy) is 2. The Labute approximate surface area is 140 Å². The molecule has 0 aliphatic carbocycles. The van der Waals surface area contributed by atoms with Crippen molar-refractivity contribution in [2.45, 2.75) is 38.3 Å². The Kier molecular flexibility index (Phi) is 5.20. The highest BCUT2D eigenvalue weighted by Gasteiger charge is 2.30. The molecular weight excluding hydrogens is 312 g/mol. The zero-order chi connectivity index (χ0) is 16.9. The summed E-state index contributed by atoms with van der Waals surface area (Å²) in [5, 5.41) is 11.8. The van der Waals surface area contributed by atoms with E-state index < -0.39 is 11.8 Å². The second-order valence-electron chi connectivity index (χ2n) is 6.03. The van der Waals surface area contributed by atoms with Gasteiger partial charge in [-0.25, -0.2) is 0 Å². The summed E-state index contributed by atoms with van der Waals surface area (Å²) in [6.45, 7) is 1.04. The predicted molar refractivity (Wildman–Crippen MR) is 85.5 cm³/mol. The largest absolute Gasteiger partial charge is 0.454 e. The molecule has 1 atom stereocenters. The van der Waals surface area contributed by atoms with Crippen molar-refractivity contribution in [2.24, 2.45) is 0 Å². The van der Waals surface area contributed by atoms with E-state index in [0.717, 1.165) is 24.8 Å². The molecule has 1 aromatic rings. The maximum atomic E-state index is 12.4. The number of piperidine rings is 1. The molecule has 2 N–H and O–H groups in total. The van der Waals surface area contributed by atoms with Gasteiger partial charge >= 0.3 is 11.8 Å². The van der Waals surface area contributed by atoms with Crippen LogP contribution in [-0.4, -0.2) is 47.8 Å². The number of benzene rings is 1. The summed E-state index contributed by atoms with van der Waals surface area (Å²) in [6, 6.07) is 5.36. The third-order valence-corrected chi connectivity index (χ3v) is 4.43. The maximum Gasteiger partial charge on any atom is 0.312 e. The Bertz CT molecular complexity index is 617. The molecule has 1 unspecified atom stereocenters. The van der Waals surface area contributed by atoms with Crippen LogP contribution in [0.25, 0.3) is 0 Å². The average Bonchev–Trinajstić information content (AvgIpc) is 3.07. The first-order chi connectivity index (χ1) is 11.7. The molecule has 1 saturated heterocycles. The van der Waals surface area contributed by atoms with Crippen molar-refractivity contribution in [3.05, 3.63) is 23.8 Å². The number of nitrogens with zero attached hydrogens (tertiary/aromatic N) is 1. The molecule has 0 radical (unpaired) electrons. The van der Waals surface area contributed by atoms with Gasteiger partial charge in [0.15, 0.2) is 11.5 Å². The van der Waals surface area contributed by atoms with E-state index in [1.807, 2.05) is 6.07 Å². The minimum Gasteiger partial charge on any atom is -0.454 e. The number of hydrogen-bond acceptors (Lipinski definition) is 5. The van der Waals surface area contributed by atoms with Crippen molar-refractivity contribution in [3.63, 3.8) is 0 Å². The SMILES string of the molecule is O=C(NCc1ccc2c(c1)OCO2)C(=O)N1CCCCC1CCO. The van der Waals surface area contributed by atoms with Gasteiger partial charge < -0.3 is 24.8 Å². The van der Waals surface area contributed by atoms with Gasteiger partial charge in [-0.3, -0.25) is 9.59 Å². The number of aliphatic hydroxyl groups is 1. The predicted octanol–water partition coefficient (Wildman–Crippen LogP) is 0.795. The second-order valence-corrected chi connectivity index (χ2v) is 6.03. The van der Waals surface area contributed by atoms with E-state index >= 15 is 0 Å². The second kappa shape index (κ2) is 7.53. The monoisotopic (exact) mass is 334 g/mol. The van der Waals surface area contributed by atoms with E-state index in [1.54, 1.807) is 17.0 Å². The summed E-state index contributed by atoms with van der Waals surface area (Å²) in [4.78, 5) is 26.1. The van der Waals surface area contributed by atoms with Crippen LogP contribution in [0, 0.1) is 0 Å². The normalized spacial score (nSPS) is 19.2. The average molecular weight is 334 g/mol. The molecule has 2 amide bonds. The number of fused-ring (bicyclic) bond motifs is 1. The number of rotatable bonds is 4. The highest BCUT2D eigenvalue weighted by atomic mass is 16.7. The molecule has 7 heteroatoms. The molecular formula is C17H22N2O5. The molecule has 0 bridgehead atoms. The van der Waals surface area contributed by atoms with Crippen molar-refractivity contribution >= 4 is 11.8 Å². The van der Waals surface area contributed by atoms with Crippen LogP contribution in [0.15, 0.2) is 18.2 Å². The number of hydrogen-bond donors (Lipinski definition) is 2. The summed E-state index contributed by atoms with van der Waals surface area (Å²) >= 11 is 0. The van der Waals surface area contributed by atoms with Gasteiger partial charge in [-0.05, 0) is 43.4 Å². The lowest BCUT2D eigenvalue weighted by Gasteiger charge is -2.35. The molecule has 130 valence electrons. The minimum absolute atomic E-state index is 0.0211. The van der Waals surface area contributed by atoms with E-state index in [4.69, 9.17) is 14.6 Å².